The number of hydroxylamine groups is 3. The molecule has 8 heteroatoms. The molecule has 2 N–H and O–H groups in total. The second kappa shape index (κ2) is 28.6. The lowest BCUT2D eigenvalue weighted by atomic mass is 10.0. The first-order valence-corrected chi connectivity index (χ1v) is 13.2. The Balaban J connectivity index is -0.000000569. The van der Waals surface area contributed by atoms with Crippen LogP contribution in [0.25, 0.3) is 0 Å². The SMILES string of the molecule is CCCCCCCCCCCCCCCCCC(N)=O.CCC[N+](C)(C)OCC.O=[N+]([O-])[O-]. The molecule has 0 heterocycles. The van der Waals surface area contributed by atoms with Crippen molar-refractivity contribution in [2.75, 3.05) is 27.2 Å². The number of hydrogen-bond acceptors (Lipinski definition) is 5. The molecule has 8 nitrogen and oxygen atoms in total. The van der Waals surface area contributed by atoms with Gasteiger partial charge < -0.3 is 21.1 Å². The molecule has 0 aliphatic rings. The van der Waals surface area contributed by atoms with E-state index in [4.69, 9.17) is 25.9 Å². The van der Waals surface area contributed by atoms with E-state index in [0.717, 1.165) is 19.6 Å². The van der Waals surface area contributed by atoms with Gasteiger partial charge in [-0.15, -0.1) is 0 Å². The van der Waals surface area contributed by atoms with Crippen molar-refractivity contribution in [3.05, 3.63) is 15.3 Å². The highest BCUT2D eigenvalue weighted by Crippen LogP contribution is 2.13. The van der Waals surface area contributed by atoms with Crippen LogP contribution in [0.3, 0.4) is 0 Å². The largest absolute Gasteiger partial charge is 0.370 e. The lowest BCUT2D eigenvalue weighted by Crippen LogP contribution is -2.39. The number of quaternary nitrogens is 1. The first-order valence-electron chi connectivity index (χ1n) is 13.2. The van der Waals surface area contributed by atoms with Crippen LogP contribution in [0, 0.1) is 15.3 Å². The van der Waals surface area contributed by atoms with Crippen LogP contribution in [0.4, 0.5) is 0 Å². The first kappa shape index (κ1) is 36.2. The van der Waals surface area contributed by atoms with Gasteiger partial charge in [-0.2, -0.15) is 4.65 Å². The van der Waals surface area contributed by atoms with Crippen molar-refractivity contribution in [3.63, 3.8) is 0 Å². The third kappa shape index (κ3) is 44.9. The molecule has 0 unspecified atom stereocenters. The lowest BCUT2D eigenvalue weighted by Gasteiger charge is -2.25. The van der Waals surface area contributed by atoms with Crippen LogP contribution >= 0.6 is 0 Å². The number of hydrogen-bond donors (Lipinski definition) is 1. The highest BCUT2D eigenvalue weighted by atomic mass is 16.9. The number of nitrogens with zero attached hydrogens (tertiary/aromatic N) is 2. The fourth-order valence-electron chi connectivity index (χ4n) is 3.62. The van der Waals surface area contributed by atoms with Crippen molar-refractivity contribution in [2.24, 2.45) is 5.73 Å². The van der Waals surface area contributed by atoms with E-state index in [2.05, 4.69) is 27.9 Å². The van der Waals surface area contributed by atoms with E-state index in [0.29, 0.717) is 11.1 Å². The summed E-state index contributed by atoms with van der Waals surface area (Å²) >= 11 is 0. The zero-order chi connectivity index (χ0) is 25.8. The first-order chi connectivity index (χ1) is 15.6. The van der Waals surface area contributed by atoms with Gasteiger partial charge in [-0.25, -0.2) is 4.84 Å². The maximum atomic E-state index is 10.6. The van der Waals surface area contributed by atoms with Crippen LogP contribution in [-0.2, 0) is 9.63 Å². The topological polar surface area (TPSA) is 119 Å². The van der Waals surface area contributed by atoms with Crippen molar-refractivity contribution in [3.8, 4) is 0 Å². The predicted octanol–water partition coefficient (Wildman–Crippen LogP) is 6.92. The van der Waals surface area contributed by atoms with E-state index in [-0.39, 0.29) is 5.91 Å². The monoisotopic (exact) mass is 477 g/mol. The van der Waals surface area contributed by atoms with Crippen LogP contribution in [0.1, 0.15) is 130 Å². The number of primary amides is 1. The summed E-state index contributed by atoms with van der Waals surface area (Å²) in [5.74, 6) is -0.153. The molecular weight excluding hydrogens is 422 g/mol. The average Bonchev–Trinajstić information content (AvgIpc) is 2.70. The fourth-order valence-corrected chi connectivity index (χ4v) is 3.62. The normalized spacial score (nSPS) is 10.6. The van der Waals surface area contributed by atoms with Gasteiger partial charge in [0, 0.05) is 6.42 Å². The fraction of sp³-hybridized carbons (Fsp3) is 0.960. The summed E-state index contributed by atoms with van der Waals surface area (Å²) in [6.07, 6.45) is 22.1. The van der Waals surface area contributed by atoms with Gasteiger partial charge in [-0.1, -0.05) is 104 Å². The van der Waals surface area contributed by atoms with Crippen molar-refractivity contribution >= 4 is 5.91 Å². The molecule has 0 rings (SSSR count). The molecular formula is C25H55N3O5. The van der Waals surface area contributed by atoms with E-state index in [1.165, 1.54) is 96.3 Å². The van der Waals surface area contributed by atoms with Crippen LogP contribution in [0.2, 0.25) is 0 Å². The Morgan fingerprint density at radius 2 is 1.06 bits per heavy atom. The van der Waals surface area contributed by atoms with E-state index in [1.807, 2.05) is 6.92 Å². The number of rotatable bonds is 20. The van der Waals surface area contributed by atoms with Crippen LogP contribution in [0.5, 0.6) is 0 Å². The van der Waals surface area contributed by atoms with Gasteiger partial charge in [0.2, 0.25) is 5.91 Å². The lowest BCUT2D eigenvalue weighted by molar-refractivity contribution is -1.08. The molecule has 0 aliphatic heterocycles. The third-order valence-electron chi connectivity index (χ3n) is 5.27. The van der Waals surface area contributed by atoms with Crippen molar-refractivity contribution in [1.29, 1.82) is 0 Å². The van der Waals surface area contributed by atoms with E-state index in [9.17, 15) is 4.79 Å². The highest BCUT2D eigenvalue weighted by molar-refractivity contribution is 5.73. The van der Waals surface area contributed by atoms with Crippen LogP contribution in [0.15, 0.2) is 0 Å². The van der Waals surface area contributed by atoms with Crippen LogP contribution < -0.4 is 5.73 Å². The molecule has 0 saturated heterocycles. The van der Waals surface area contributed by atoms with Crippen molar-refractivity contribution in [1.82, 2.24) is 0 Å². The quantitative estimate of drug-likeness (QED) is 0.0883. The summed E-state index contributed by atoms with van der Waals surface area (Å²) in [6, 6.07) is 0. The summed E-state index contributed by atoms with van der Waals surface area (Å²) in [7, 11) is 4.15. The van der Waals surface area contributed by atoms with Crippen LogP contribution in [-0.4, -0.2) is 42.9 Å². The Morgan fingerprint density at radius 3 is 1.33 bits per heavy atom. The molecule has 0 aromatic heterocycles. The maximum Gasteiger partial charge on any atom is 0.217 e. The third-order valence-corrected chi connectivity index (χ3v) is 5.27. The number of nitrogens with two attached hydrogens (primary N) is 1. The Kier molecular flexibility index (Phi) is 31.4. The zero-order valence-corrected chi connectivity index (χ0v) is 22.4. The molecule has 33 heavy (non-hydrogen) atoms. The number of carbonyl (C=O) groups is 1. The highest BCUT2D eigenvalue weighted by Gasteiger charge is 2.12. The molecule has 0 aliphatic carbocycles. The number of amides is 1. The summed E-state index contributed by atoms with van der Waals surface area (Å²) in [6.45, 7) is 8.35. The number of unbranched alkanes of at least 4 members (excludes halogenated alkanes) is 14. The Morgan fingerprint density at radius 1 is 0.727 bits per heavy atom. The van der Waals surface area contributed by atoms with Crippen molar-refractivity contribution < 1.29 is 19.4 Å². The molecule has 0 aromatic rings. The summed E-state index contributed by atoms with van der Waals surface area (Å²) < 4.78 is 0.688. The van der Waals surface area contributed by atoms with Gasteiger partial charge >= 0.3 is 0 Å². The minimum absolute atomic E-state index is 0.153. The minimum Gasteiger partial charge on any atom is -0.370 e. The number of carbonyl (C=O) groups excluding carboxylic acids is 1. The molecule has 0 bridgehead atoms. The molecule has 200 valence electrons. The summed E-state index contributed by atoms with van der Waals surface area (Å²) in [5, 5.41) is 14.8. The maximum absolute atomic E-state index is 10.6. The second-order valence-corrected chi connectivity index (χ2v) is 9.10. The Labute approximate surface area is 203 Å². The van der Waals surface area contributed by atoms with Gasteiger partial charge in [0.15, 0.2) is 0 Å². The van der Waals surface area contributed by atoms with E-state index < -0.39 is 5.09 Å². The smallest absolute Gasteiger partial charge is 0.217 e. The van der Waals surface area contributed by atoms with Gasteiger partial charge in [0.05, 0.1) is 19.2 Å². The molecule has 0 fully saturated rings. The van der Waals surface area contributed by atoms with E-state index in [1.54, 1.807) is 0 Å². The standard InChI is InChI=1S/C18H37NO.C7H18NO.NO3/c1-2-3-4-5-6-7-8-9-10-11-12-13-14-15-16-17-18(19)20;1-5-7-8(3,4)9-6-2;2-1(3)4/h2-17H2,1H3,(H2,19,20);5-7H2,1-4H3;/q;+1;-1. The molecule has 0 radical (unpaired) electrons. The van der Waals surface area contributed by atoms with Gasteiger partial charge in [-0.05, 0) is 19.8 Å². The molecule has 0 spiro atoms. The second-order valence-electron chi connectivity index (χ2n) is 9.10. The zero-order valence-electron chi connectivity index (χ0n) is 22.4. The van der Waals surface area contributed by atoms with Gasteiger partial charge in [0.1, 0.15) is 13.2 Å². The van der Waals surface area contributed by atoms with E-state index >= 15 is 0 Å². The van der Waals surface area contributed by atoms with Gasteiger partial charge in [-0.3, -0.25) is 4.79 Å². The molecule has 0 aromatic carbocycles. The molecule has 1 amide bonds. The Bertz CT molecular complexity index is 409. The van der Waals surface area contributed by atoms with Gasteiger partial charge in [0.25, 0.3) is 0 Å². The molecule has 0 saturated carbocycles. The molecule has 0 atom stereocenters. The summed E-state index contributed by atoms with van der Waals surface area (Å²) in [5.41, 5.74) is 5.11. The minimum atomic E-state index is -1.75. The van der Waals surface area contributed by atoms with Crippen molar-refractivity contribution in [2.45, 2.75) is 130 Å². The average molecular weight is 478 g/mol. The summed E-state index contributed by atoms with van der Waals surface area (Å²) in [4.78, 5) is 24.2. The predicted molar refractivity (Wildman–Crippen MR) is 138 cm³/mol. The Hall–Kier alpha value is -1.41.